The molecule has 0 aromatic carbocycles. The first-order valence-electron chi connectivity index (χ1n) is 14.9. The molecule has 1 heterocycles. The van der Waals surface area contributed by atoms with E-state index in [9.17, 15) is 19.5 Å². The van der Waals surface area contributed by atoms with E-state index in [2.05, 4.69) is 13.8 Å². The van der Waals surface area contributed by atoms with Gasteiger partial charge in [0.05, 0.1) is 12.2 Å². The number of hydrogen-bond donors (Lipinski definition) is 2. The maximum atomic E-state index is 14.2. The van der Waals surface area contributed by atoms with E-state index in [1.807, 2.05) is 6.08 Å². The van der Waals surface area contributed by atoms with Crippen LogP contribution in [0.15, 0.2) is 23.8 Å². The van der Waals surface area contributed by atoms with Gasteiger partial charge in [-0.3, -0.25) is 14.4 Å². The van der Waals surface area contributed by atoms with Crippen molar-refractivity contribution >= 4 is 17.5 Å². The number of carbonyl (C=O) groups excluding carboxylic acids is 3. The second-order valence-corrected chi connectivity index (χ2v) is 13.5. The Morgan fingerprint density at radius 1 is 1.21 bits per heavy atom. The number of allylic oxidation sites excluding steroid dienone is 4. The molecule has 1 aliphatic heterocycles. The molecule has 10 atom stereocenters. The van der Waals surface area contributed by atoms with E-state index < -0.39 is 53.5 Å². The first-order chi connectivity index (χ1) is 18.5. The minimum absolute atomic E-state index is 0.00732. The number of rotatable bonds is 5. The summed E-state index contributed by atoms with van der Waals surface area (Å²) >= 11 is 0. The second kappa shape index (κ2) is 9.61. The maximum absolute atomic E-state index is 14.2. The third-order valence-electron chi connectivity index (χ3n) is 11.4. The van der Waals surface area contributed by atoms with Crippen LogP contribution < -0.4 is 5.73 Å². The smallest absolute Gasteiger partial charge is 0.323 e. The van der Waals surface area contributed by atoms with E-state index in [-0.39, 0.29) is 35.2 Å². The van der Waals surface area contributed by atoms with Gasteiger partial charge in [-0.25, -0.2) is 0 Å². The topological polar surface area (TPSA) is 125 Å². The standard InChI is InChI=1S/C31H43NO7/c1-17(32)27(36)37-16-24(35)31-25(38-28(39-31)18-7-5-4-6-8-18)14-22-21-10-9-19-13-20(33)11-12-29(19,2)26(21)23(34)15-30(22,31)3/h11-13,17-18,21-23,25-26,28,34H,4-10,14-16,32H2,1-3H3/t17-,21?,22?,23-,25-,26?,28+,29-,30-,31+/m0/s1. The van der Waals surface area contributed by atoms with Crippen molar-refractivity contribution in [2.24, 2.45) is 40.2 Å². The SMILES string of the molecule is C[C@H](N)C(=O)OCC(=O)[C@@]12O[C@H](C3CCCCC3)O[C@H]1CC1C3CCC4=CC(=O)C=C[C@]4(C)C3[C@@H](O)C[C@@]12C. The van der Waals surface area contributed by atoms with E-state index in [0.29, 0.717) is 12.8 Å². The van der Waals surface area contributed by atoms with Crippen molar-refractivity contribution in [3.63, 3.8) is 0 Å². The Morgan fingerprint density at radius 3 is 2.67 bits per heavy atom. The number of fused-ring (bicyclic) bond motifs is 7. The Morgan fingerprint density at radius 2 is 1.95 bits per heavy atom. The highest BCUT2D eigenvalue weighted by atomic mass is 16.7. The number of ketones is 2. The van der Waals surface area contributed by atoms with Gasteiger partial charge < -0.3 is 25.1 Å². The molecule has 3 N–H and O–H groups in total. The summed E-state index contributed by atoms with van der Waals surface area (Å²) in [6, 6.07) is -0.827. The summed E-state index contributed by atoms with van der Waals surface area (Å²) in [6.07, 6.45) is 11.9. The van der Waals surface area contributed by atoms with E-state index in [0.717, 1.165) is 44.1 Å². The zero-order chi connectivity index (χ0) is 27.7. The molecule has 0 spiro atoms. The molecule has 0 aromatic rings. The molecule has 4 saturated carbocycles. The number of aliphatic hydroxyl groups excluding tert-OH is 1. The zero-order valence-corrected chi connectivity index (χ0v) is 23.4. The highest BCUT2D eigenvalue weighted by Gasteiger charge is 2.76. The van der Waals surface area contributed by atoms with E-state index in [4.69, 9.17) is 19.9 Å². The first-order valence-corrected chi connectivity index (χ1v) is 14.9. The van der Waals surface area contributed by atoms with Gasteiger partial charge in [0.1, 0.15) is 6.04 Å². The van der Waals surface area contributed by atoms with Crippen LogP contribution in [-0.4, -0.2) is 59.4 Å². The third kappa shape index (κ3) is 3.96. The number of hydrogen-bond acceptors (Lipinski definition) is 8. The van der Waals surface area contributed by atoms with Crippen LogP contribution in [0.5, 0.6) is 0 Å². The lowest BCUT2D eigenvalue weighted by Crippen LogP contribution is -2.64. The van der Waals surface area contributed by atoms with Crippen LogP contribution in [-0.2, 0) is 28.6 Å². The van der Waals surface area contributed by atoms with Crippen LogP contribution in [0, 0.1) is 34.5 Å². The molecule has 0 bridgehead atoms. The summed E-state index contributed by atoms with van der Waals surface area (Å²) in [5, 5.41) is 11.9. The molecular weight excluding hydrogens is 498 g/mol. The lowest BCUT2D eigenvalue weighted by atomic mass is 9.46. The molecule has 5 fully saturated rings. The number of esters is 1. The van der Waals surface area contributed by atoms with Gasteiger partial charge in [-0.1, -0.05) is 44.8 Å². The normalized spacial score (nSPS) is 46.0. The minimum atomic E-state index is -1.29. The van der Waals surface area contributed by atoms with Crippen molar-refractivity contribution in [1.29, 1.82) is 0 Å². The van der Waals surface area contributed by atoms with Gasteiger partial charge in [0.2, 0.25) is 5.78 Å². The first kappa shape index (κ1) is 27.3. The van der Waals surface area contributed by atoms with Gasteiger partial charge >= 0.3 is 5.97 Å². The van der Waals surface area contributed by atoms with E-state index in [1.54, 1.807) is 12.2 Å². The number of Topliss-reactive ketones (excluding diaryl/α,β-unsaturated/α-hetero) is 1. The lowest BCUT2D eigenvalue weighted by molar-refractivity contribution is -0.210. The molecule has 0 aromatic heterocycles. The average Bonchev–Trinajstić information content (AvgIpc) is 3.41. The number of carbonyl (C=O) groups is 3. The van der Waals surface area contributed by atoms with Crippen molar-refractivity contribution in [3.8, 4) is 0 Å². The van der Waals surface area contributed by atoms with Gasteiger partial charge in [-0.05, 0) is 69.4 Å². The van der Waals surface area contributed by atoms with Crippen LogP contribution in [0.3, 0.4) is 0 Å². The summed E-state index contributed by atoms with van der Waals surface area (Å²) in [6.45, 7) is 5.34. The molecule has 0 amide bonds. The van der Waals surface area contributed by atoms with Gasteiger partial charge in [0, 0.05) is 22.7 Å². The molecule has 8 heteroatoms. The fourth-order valence-electron chi connectivity index (χ4n) is 9.59. The summed E-state index contributed by atoms with van der Waals surface area (Å²) in [5.41, 5.74) is 4.41. The Hall–Kier alpha value is -1.87. The van der Waals surface area contributed by atoms with Crippen molar-refractivity contribution < 1.29 is 33.7 Å². The summed E-state index contributed by atoms with van der Waals surface area (Å²) in [7, 11) is 0. The molecule has 5 aliphatic carbocycles. The highest BCUT2D eigenvalue weighted by Crippen LogP contribution is 2.70. The second-order valence-electron chi connectivity index (χ2n) is 13.5. The predicted octanol–water partition coefficient (Wildman–Crippen LogP) is 3.40. The van der Waals surface area contributed by atoms with Gasteiger partial charge in [0.15, 0.2) is 24.3 Å². The molecule has 3 unspecified atom stereocenters. The van der Waals surface area contributed by atoms with Crippen LogP contribution >= 0.6 is 0 Å². The number of ether oxygens (including phenoxy) is 3. The van der Waals surface area contributed by atoms with Crippen molar-refractivity contribution in [2.75, 3.05) is 6.61 Å². The van der Waals surface area contributed by atoms with E-state index >= 15 is 0 Å². The third-order valence-corrected chi connectivity index (χ3v) is 11.4. The Kier molecular flexibility index (Phi) is 6.73. The molecule has 1 saturated heterocycles. The van der Waals surface area contributed by atoms with Crippen molar-refractivity contribution in [1.82, 2.24) is 0 Å². The van der Waals surface area contributed by atoms with Crippen LogP contribution in [0.1, 0.15) is 78.6 Å². The maximum Gasteiger partial charge on any atom is 0.323 e. The minimum Gasteiger partial charge on any atom is -0.456 e. The highest BCUT2D eigenvalue weighted by molar-refractivity contribution is 6.01. The van der Waals surface area contributed by atoms with Crippen LogP contribution in [0.2, 0.25) is 0 Å². The molecule has 39 heavy (non-hydrogen) atoms. The van der Waals surface area contributed by atoms with Crippen LogP contribution in [0.4, 0.5) is 0 Å². The number of nitrogens with two attached hydrogens (primary N) is 1. The molecule has 8 nitrogen and oxygen atoms in total. The van der Waals surface area contributed by atoms with Crippen LogP contribution in [0.25, 0.3) is 0 Å². The Balaban J connectivity index is 1.35. The van der Waals surface area contributed by atoms with Crippen molar-refractivity contribution in [3.05, 3.63) is 23.8 Å². The zero-order valence-electron chi connectivity index (χ0n) is 23.4. The summed E-state index contributed by atoms with van der Waals surface area (Å²) < 4.78 is 18.9. The molecule has 0 radical (unpaired) electrons. The fraction of sp³-hybridized carbons (Fsp3) is 0.774. The summed E-state index contributed by atoms with van der Waals surface area (Å²) in [5.74, 6) is -0.512. The number of aliphatic hydroxyl groups is 1. The lowest BCUT2D eigenvalue weighted by Gasteiger charge is -2.59. The fourth-order valence-corrected chi connectivity index (χ4v) is 9.59. The van der Waals surface area contributed by atoms with Crippen molar-refractivity contribution in [2.45, 2.75) is 109 Å². The largest absolute Gasteiger partial charge is 0.456 e. The molecular formula is C31H43NO7. The molecule has 6 rings (SSSR count). The average molecular weight is 542 g/mol. The summed E-state index contributed by atoms with van der Waals surface area (Å²) in [4.78, 5) is 38.6. The van der Waals surface area contributed by atoms with Gasteiger partial charge in [-0.15, -0.1) is 0 Å². The van der Waals surface area contributed by atoms with Gasteiger partial charge in [-0.2, -0.15) is 0 Å². The molecule has 214 valence electrons. The quantitative estimate of drug-likeness (QED) is 0.508. The molecule has 6 aliphatic rings. The Bertz CT molecular complexity index is 1110. The van der Waals surface area contributed by atoms with Gasteiger partial charge in [0.25, 0.3) is 0 Å². The monoisotopic (exact) mass is 541 g/mol. The predicted molar refractivity (Wildman–Crippen MR) is 142 cm³/mol. The Labute approximate surface area is 230 Å². The van der Waals surface area contributed by atoms with E-state index in [1.165, 1.54) is 13.3 Å².